The highest BCUT2D eigenvalue weighted by atomic mass is 16.1. The van der Waals surface area contributed by atoms with Crippen LogP contribution >= 0.6 is 0 Å². The third-order valence-electron chi connectivity index (χ3n) is 2.23. The minimum absolute atomic E-state index is 0.0242. The van der Waals surface area contributed by atoms with Crippen LogP contribution in [0.1, 0.15) is 17.3 Å². The van der Waals surface area contributed by atoms with E-state index in [-0.39, 0.29) is 5.78 Å². The van der Waals surface area contributed by atoms with Crippen molar-refractivity contribution in [1.82, 2.24) is 4.98 Å². The molecular weight excluding hydrogens is 186 g/mol. The van der Waals surface area contributed by atoms with Crippen LogP contribution in [0, 0.1) is 0 Å². The lowest BCUT2D eigenvalue weighted by atomic mass is 10.1. The van der Waals surface area contributed by atoms with Crippen LogP contribution in [0.25, 0.3) is 10.9 Å². The quantitative estimate of drug-likeness (QED) is 0.547. The maximum Gasteiger partial charge on any atom is 0.186 e. The Labute approximate surface area is 88.3 Å². The van der Waals surface area contributed by atoms with Gasteiger partial charge in [0.2, 0.25) is 0 Å². The van der Waals surface area contributed by atoms with Crippen LogP contribution in [0.15, 0.2) is 48.7 Å². The lowest BCUT2D eigenvalue weighted by molar-refractivity contribution is 0.104. The zero-order valence-electron chi connectivity index (χ0n) is 8.47. The number of benzene rings is 1. The molecule has 1 aromatic heterocycles. The molecule has 0 fully saturated rings. The molecule has 2 aromatic rings. The highest BCUT2D eigenvalue weighted by molar-refractivity contribution is 6.12. The standard InChI is InChI=1S/C13H11NO/c1-2-5-13(15)11-8-9-14-12-7-4-3-6-10(11)12/h2-9H,1H3/b5-2+. The summed E-state index contributed by atoms with van der Waals surface area (Å²) in [4.78, 5) is 16.0. The first-order chi connectivity index (χ1) is 7.33. The van der Waals surface area contributed by atoms with Crippen LogP contribution in [-0.4, -0.2) is 10.8 Å². The van der Waals surface area contributed by atoms with Crippen molar-refractivity contribution < 1.29 is 4.79 Å². The Kier molecular flexibility index (Phi) is 2.59. The molecule has 1 heterocycles. The predicted molar refractivity (Wildman–Crippen MR) is 60.9 cm³/mol. The summed E-state index contributed by atoms with van der Waals surface area (Å²) in [6.07, 6.45) is 4.98. The molecule has 0 bridgehead atoms. The van der Waals surface area contributed by atoms with Gasteiger partial charge in [-0.15, -0.1) is 0 Å². The third kappa shape index (κ3) is 1.79. The molecule has 2 heteroatoms. The lowest BCUT2D eigenvalue weighted by Crippen LogP contribution is -1.96. The van der Waals surface area contributed by atoms with E-state index in [9.17, 15) is 4.79 Å². The lowest BCUT2D eigenvalue weighted by Gasteiger charge is -2.01. The number of nitrogens with zero attached hydrogens (tertiary/aromatic N) is 1. The molecule has 15 heavy (non-hydrogen) atoms. The average molecular weight is 197 g/mol. The van der Waals surface area contributed by atoms with Crippen molar-refractivity contribution in [3.8, 4) is 0 Å². The topological polar surface area (TPSA) is 30.0 Å². The number of hydrogen-bond donors (Lipinski definition) is 0. The molecule has 2 rings (SSSR count). The van der Waals surface area contributed by atoms with Gasteiger partial charge in [0.1, 0.15) is 0 Å². The number of hydrogen-bond acceptors (Lipinski definition) is 2. The Morgan fingerprint density at radius 2 is 2.07 bits per heavy atom. The minimum Gasteiger partial charge on any atom is -0.289 e. The molecule has 0 aliphatic heterocycles. The molecule has 0 unspecified atom stereocenters. The van der Waals surface area contributed by atoms with Crippen LogP contribution in [0.2, 0.25) is 0 Å². The van der Waals surface area contributed by atoms with Crippen LogP contribution in [0.5, 0.6) is 0 Å². The Hall–Kier alpha value is -1.96. The van der Waals surface area contributed by atoms with Gasteiger partial charge in [-0.2, -0.15) is 0 Å². The number of ketones is 1. The van der Waals surface area contributed by atoms with E-state index in [1.165, 1.54) is 0 Å². The number of para-hydroxylation sites is 1. The molecular formula is C13H11NO. The summed E-state index contributed by atoms with van der Waals surface area (Å²) in [5.74, 6) is 0.0242. The molecule has 0 radical (unpaired) electrons. The van der Waals surface area contributed by atoms with E-state index in [0.29, 0.717) is 5.56 Å². The fourth-order valence-electron chi connectivity index (χ4n) is 1.55. The van der Waals surface area contributed by atoms with Gasteiger partial charge in [0.05, 0.1) is 5.52 Å². The van der Waals surface area contributed by atoms with E-state index >= 15 is 0 Å². The maximum absolute atomic E-state index is 11.7. The van der Waals surface area contributed by atoms with E-state index in [4.69, 9.17) is 0 Å². The second-order valence-corrected chi connectivity index (χ2v) is 3.24. The van der Waals surface area contributed by atoms with Gasteiger partial charge in [-0.3, -0.25) is 9.78 Å². The zero-order valence-corrected chi connectivity index (χ0v) is 8.47. The van der Waals surface area contributed by atoms with Crippen LogP contribution in [-0.2, 0) is 0 Å². The predicted octanol–water partition coefficient (Wildman–Crippen LogP) is 2.99. The first-order valence-electron chi connectivity index (χ1n) is 4.83. The second kappa shape index (κ2) is 4.05. The first-order valence-corrected chi connectivity index (χ1v) is 4.83. The van der Waals surface area contributed by atoms with Gasteiger partial charge in [-0.1, -0.05) is 24.3 Å². The molecule has 74 valence electrons. The number of carbonyl (C=O) groups is 1. The minimum atomic E-state index is 0.0242. The van der Waals surface area contributed by atoms with Gasteiger partial charge in [0.25, 0.3) is 0 Å². The molecule has 0 saturated heterocycles. The smallest absolute Gasteiger partial charge is 0.186 e. The molecule has 0 N–H and O–H groups in total. The summed E-state index contributed by atoms with van der Waals surface area (Å²) < 4.78 is 0. The Balaban J connectivity index is 2.65. The largest absolute Gasteiger partial charge is 0.289 e. The third-order valence-corrected chi connectivity index (χ3v) is 2.23. The number of allylic oxidation sites excluding steroid dienone is 2. The molecule has 1 aromatic carbocycles. The van der Waals surface area contributed by atoms with E-state index in [1.807, 2.05) is 31.2 Å². The van der Waals surface area contributed by atoms with Gasteiger partial charge in [-0.05, 0) is 25.1 Å². The van der Waals surface area contributed by atoms with E-state index in [1.54, 1.807) is 24.4 Å². The second-order valence-electron chi connectivity index (χ2n) is 3.24. The number of carbonyl (C=O) groups excluding carboxylic acids is 1. The SMILES string of the molecule is C/C=C/C(=O)c1ccnc2ccccc12. The monoisotopic (exact) mass is 197 g/mol. The molecule has 0 aliphatic rings. The normalized spacial score (nSPS) is 11.0. The fraction of sp³-hybridized carbons (Fsp3) is 0.0769. The first kappa shape index (κ1) is 9.59. The summed E-state index contributed by atoms with van der Waals surface area (Å²) in [5.41, 5.74) is 1.56. The Morgan fingerprint density at radius 1 is 1.27 bits per heavy atom. The molecule has 0 saturated carbocycles. The summed E-state index contributed by atoms with van der Waals surface area (Å²) >= 11 is 0. The summed E-state index contributed by atoms with van der Waals surface area (Å²) in [6, 6.07) is 9.40. The van der Waals surface area contributed by atoms with Gasteiger partial charge in [0.15, 0.2) is 5.78 Å². The number of rotatable bonds is 2. The van der Waals surface area contributed by atoms with E-state index in [2.05, 4.69) is 4.98 Å². The zero-order chi connectivity index (χ0) is 10.7. The van der Waals surface area contributed by atoms with Crippen molar-refractivity contribution in [3.63, 3.8) is 0 Å². The summed E-state index contributed by atoms with van der Waals surface area (Å²) in [5, 5.41) is 0.906. The maximum atomic E-state index is 11.7. The molecule has 0 atom stereocenters. The number of pyridine rings is 1. The molecule has 0 spiro atoms. The highest BCUT2D eigenvalue weighted by Crippen LogP contribution is 2.16. The fourth-order valence-corrected chi connectivity index (χ4v) is 1.55. The van der Waals surface area contributed by atoms with E-state index in [0.717, 1.165) is 10.9 Å². The highest BCUT2D eigenvalue weighted by Gasteiger charge is 2.06. The van der Waals surface area contributed by atoms with Crippen LogP contribution < -0.4 is 0 Å². The van der Waals surface area contributed by atoms with Crippen LogP contribution in [0.3, 0.4) is 0 Å². The van der Waals surface area contributed by atoms with Gasteiger partial charge in [0, 0.05) is 17.1 Å². The summed E-state index contributed by atoms with van der Waals surface area (Å²) in [6.45, 7) is 1.83. The average Bonchev–Trinajstić information content (AvgIpc) is 2.28. The molecule has 0 aliphatic carbocycles. The van der Waals surface area contributed by atoms with Crippen molar-refractivity contribution in [3.05, 3.63) is 54.2 Å². The number of fused-ring (bicyclic) bond motifs is 1. The van der Waals surface area contributed by atoms with Crippen LogP contribution in [0.4, 0.5) is 0 Å². The van der Waals surface area contributed by atoms with E-state index < -0.39 is 0 Å². The van der Waals surface area contributed by atoms with Crippen molar-refractivity contribution in [2.75, 3.05) is 0 Å². The van der Waals surface area contributed by atoms with Crippen molar-refractivity contribution in [2.45, 2.75) is 6.92 Å². The Bertz CT molecular complexity index is 524. The Morgan fingerprint density at radius 3 is 2.87 bits per heavy atom. The molecule has 0 amide bonds. The van der Waals surface area contributed by atoms with Gasteiger partial charge < -0.3 is 0 Å². The van der Waals surface area contributed by atoms with Crippen molar-refractivity contribution in [2.24, 2.45) is 0 Å². The number of aromatic nitrogens is 1. The van der Waals surface area contributed by atoms with Gasteiger partial charge >= 0.3 is 0 Å². The molecule has 2 nitrogen and oxygen atoms in total. The van der Waals surface area contributed by atoms with Crippen molar-refractivity contribution >= 4 is 16.7 Å². The van der Waals surface area contributed by atoms with Gasteiger partial charge in [-0.25, -0.2) is 0 Å². The summed E-state index contributed by atoms with van der Waals surface area (Å²) in [7, 11) is 0. The van der Waals surface area contributed by atoms with Crippen molar-refractivity contribution in [1.29, 1.82) is 0 Å².